The van der Waals surface area contributed by atoms with Gasteiger partial charge in [-0.2, -0.15) is 0 Å². The summed E-state index contributed by atoms with van der Waals surface area (Å²) in [5.41, 5.74) is -0.469. The molecule has 1 aliphatic carbocycles. The summed E-state index contributed by atoms with van der Waals surface area (Å²) >= 11 is 1.36. The molecule has 0 radical (unpaired) electrons. The van der Waals surface area contributed by atoms with E-state index in [0.29, 0.717) is 11.2 Å². The maximum atomic E-state index is 12.0. The quantitative estimate of drug-likeness (QED) is 0.628. The van der Waals surface area contributed by atoms with E-state index in [-0.39, 0.29) is 11.2 Å². The number of esters is 1. The van der Waals surface area contributed by atoms with Crippen LogP contribution < -0.4 is 0 Å². The van der Waals surface area contributed by atoms with Crippen molar-refractivity contribution in [2.75, 3.05) is 0 Å². The number of carbonyl (C=O) groups excluding carboxylic acids is 1. The maximum absolute atomic E-state index is 12.0. The van der Waals surface area contributed by atoms with Crippen molar-refractivity contribution < 1.29 is 9.53 Å². The van der Waals surface area contributed by atoms with Crippen LogP contribution in [0, 0.1) is 0 Å². The van der Waals surface area contributed by atoms with E-state index in [9.17, 15) is 4.79 Å². The molecule has 112 valence electrons. The number of hydrogen-bond donors (Lipinski definition) is 0. The van der Waals surface area contributed by atoms with Crippen molar-refractivity contribution in [2.45, 2.75) is 75.4 Å². The van der Waals surface area contributed by atoms with Crippen LogP contribution in [0.15, 0.2) is 5.16 Å². The van der Waals surface area contributed by atoms with E-state index in [0.717, 1.165) is 12.8 Å². The van der Waals surface area contributed by atoms with Crippen LogP contribution in [0.2, 0.25) is 0 Å². The molecule has 0 N–H and O–H groups in total. The Kier molecular flexibility index (Phi) is 4.67. The van der Waals surface area contributed by atoms with Gasteiger partial charge in [-0.1, -0.05) is 24.6 Å². The summed E-state index contributed by atoms with van der Waals surface area (Å²) in [6.45, 7) is 7.42. The third-order valence-corrected chi connectivity index (χ3v) is 4.18. The second-order valence-corrected chi connectivity index (χ2v) is 7.45. The first-order chi connectivity index (χ1) is 9.37. The van der Waals surface area contributed by atoms with E-state index in [4.69, 9.17) is 4.74 Å². The van der Waals surface area contributed by atoms with Crippen LogP contribution in [0.25, 0.3) is 0 Å². The fraction of sp³-hybridized carbons (Fsp3) is 0.846. The lowest BCUT2D eigenvalue weighted by Gasteiger charge is -2.22. The topological polar surface area (TPSA) is 69.9 Å². The average Bonchev–Trinajstić information content (AvgIpc) is 2.95. The molecular weight excluding hydrogens is 276 g/mol. The summed E-state index contributed by atoms with van der Waals surface area (Å²) in [6.07, 6.45) is 4.66. The lowest BCUT2D eigenvalue weighted by Crippen LogP contribution is -2.29. The normalized spacial score (nSPS) is 18.2. The van der Waals surface area contributed by atoms with Gasteiger partial charge in [0.25, 0.3) is 0 Å². The highest BCUT2D eigenvalue weighted by molar-refractivity contribution is 8.00. The highest BCUT2D eigenvalue weighted by atomic mass is 32.2. The summed E-state index contributed by atoms with van der Waals surface area (Å²) in [5, 5.41) is 12.2. The molecule has 1 aliphatic rings. The molecule has 1 saturated carbocycles. The standard InChI is InChI=1S/C13H22N4O2S/c1-9(11(18)19-13(2,3)4)20-12-14-15-16-17(12)10-7-5-6-8-10/h9-10H,5-8H2,1-4H3. The number of thioether (sulfide) groups is 1. The van der Waals surface area contributed by atoms with Crippen LogP contribution in [0.3, 0.4) is 0 Å². The summed E-state index contributed by atoms with van der Waals surface area (Å²) < 4.78 is 7.24. The Hall–Kier alpha value is -1.11. The molecule has 2 rings (SSSR count). The minimum absolute atomic E-state index is 0.233. The molecule has 20 heavy (non-hydrogen) atoms. The monoisotopic (exact) mass is 298 g/mol. The summed E-state index contributed by atoms with van der Waals surface area (Å²) in [6, 6.07) is 0.373. The minimum atomic E-state index is -0.469. The number of ether oxygens (including phenoxy) is 1. The summed E-state index contributed by atoms with van der Waals surface area (Å²) in [7, 11) is 0. The lowest BCUT2D eigenvalue weighted by atomic mass is 10.2. The van der Waals surface area contributed by atoms with Gasteiger partial charge in [0, 0.05) is 0 Å². The molecule has 1 heterocycles. The number of hydrogen-bond acceptors (Lipinski definition) is 6. The SMILES string of the molecule is CC(Sc1nnnn1C1CCCC1)C(=O)OC(C)(C)C. The lowest BCUT2D eigenvalue weighted by molar-refractivity contribution is -0.153. The van der Waals surface area contributed by atoms with Crippen molar-refractivity contribution in [1.82, 2.24) is 20.2 Å². The zero-order valence-electron chi connectivity index (χ0n) is 12.5. The van der Waals surface area contributed by atoms with E-state index < -0.39 is 5.60 Å². The van der Waals surface area contributed by atoms with E-state index in [1.807, 2.05) is 32.4 Å². The Bertz CT molecular complexity index is 463. The second-order valence-electron chi connectivity index (χ2n) is 6.14. The van der Waals surface area contributed by atoms with Crippen molar-refractivity contribution in [1.29, 1.82) is 0 Å². The summed E-state index contributed by atoms with van der Waals surface area (Å²) in [5.74, 6) is -0.233. The molecule has 1 aromatic heterocycles. The molecule has 0 saturated heterocycles. The number of rotatable bonds is 4. The van der Waals surface area contributed by atoms with E-state index >= 15 is 0 Å². The third kappa shape index (κ3) is 3.94. The number of tetrazole rings is 1. The molecule has 0 bridgehead atoms. The molecule has 0 aromatic carbocycles. The number of nitrogens with zero attached hydrogens (tertiary/aromatic N) is 4. The Morgan fingerprint density at radius 3 is 2.65 bits per heavy atom. The van der Waals surface area contributed by atoms with Crippen LogP contribution >= 0.6 is 11.8 Å². The van der Waals surface area contributed by atoms with Gasteiger partial charge >= 0.3 is 5.97 Å². The number of aromatic nitrogens is 4. The zero-order valence-corrected chi connectivity index (χ0v) is 13.3. The first-order valence-corrected chi connectivity index (χ1v) is 7.92. The third-order valence-electron chi connectivity index (χ3n) is 3.15. The minimum Gasteiger partial charge on any atom is -0.459 e. The van der Waals surface area contributed by atoms with Gasteiger partial charge in [-0.15, -0.1) is 5.10 Å². The zero-order chi connectivity index (χ0) is 14.8. The largest absolute Gasteiger partial charge is 0.459 e. The molecule has 1 aromatic rings. The molecule has 1 atom stereocenters. The molecule has 0 amide bonds. The van der Waals surface area contributed by atoms with E-state index in [2.05, 4.69) is 15.5 Å². The van der Waals surface area contributed by atoms with Gasteiger partial charge in [0.2, 0.25) is 5.16 Å². The van der Waals surface area contributed by atoms with Crippen LogP contribution in [-0.4, -0.2) is 37.0 Å². The predicted molar refractivity (Wildman–Crippen MR) is 76.5 cm³/mol. The van der Waals surface area contributed by atoms with Crippen LogP contribution in [0.4, 0.5) is 0 Å². The van der Waals surface area contributed by atoms with Gasteiger partial charge < -0.3 is 4.74 Å². The van der Waals surface area contributed by atoms with Crippen LogP contribution in [0.5, 0.6) is 0 Å². The molecule has 7 heteroatoms. The second kappa shape index (κ2) is 6.11. The highest BCUT2D eigenvalue weighted by Gasteiger charge is 2.27. The highest BCUT2D eigenvalue weighted by Crippen LogP contribution is 2.32. The molecule has 1 unspecified atom stereocenters. The Morgan fingerprint density at radius 2 is 2.05 bits per heavy atom. The van der Waals surface area contributed by atoms with Gasteiger partial charge in [0.15, 0.2) is 0 Å². The van der Waals surface area contributed by atoms with Crippen LogP contribution in [0.1, 0.15) is 59.4 Å². The first-order valence-electron chi connectivity index (χ1n) is 7.04. The van der Waals surface area contributed by atoms with E-state index in [1.165, 1.54) is 24.6 Å². The molecular formula is C13H22N4O2S. The number of carbonyl (C=O) groups is 1. The van der Waals surface area contributed by atoms with Crippen molar-refractivity contribution in [3.05, 3.63) is 0 Å². The predicted octanol–water partition coefficient (Wildman–Crippen LogP) is 2.61. The van der Waals surface area contributed by atoms with Crippen molar-refractivity contribution in [3.63, 3.8) is 0 Å². The van der Waals surface area contributed by atoms with Crippen LogP contribution in [-0.2, 0) is 9.53 Å². The van der Waals surface area contributed by atoms with Crippen molar-refractivity contribution in [3.8, 4) is 0 Å². The Morgan fingerprint density at radius 1 is 1.40 bits per heavy atom. The molecule has 1 fully saturated rings. The van der Waals surface area contributed by atoms with Gasteiger partial charge in [0.1, 0.15) is 10.9 Å². The average molecular weight is 298 g/mol. The van der Waals surface area contributed by atoms with Crippen molar-refractivity contribution >= 4 is 17.7 Å². The summed E-state index contributed by atoms with van der Waals surface area (Å²) in [4.78, 5) is 12.0. The Labute approximate surface area is 123 Å². The molecule has 6 nitrogen and oxygen atoms in total. The molecule has 0 aliphatic heterocycles. The van der Waals surface area contributed by atoms with Gasteiger partial charge in [0.05, 0.1) is 6.04 Å². The smallest absolute Gasteiger partial charge is 0.319 e. The van der Waals surface area contributed by atoms with Crippen molar-refractivity contribution in [2.24, 2.45) is 0 Å². The molecule has 0 spiro atoms. The maximum Gasteiger partial charge on any atom is 0.319 e. The fourth-order valence-electron chi connectivity index (χ4n) is 2.23. The Balaban J connectivity index is 1.99. The fourth-order valence-corrected chi connectivity index (χ4v) is 3.07. The van der Waals surface area contributed by atoms with E-state index in [1.54, 1.807) is 0 Å². The van der Waals surface area contributed by atoms with Gasteiger partial charge in [-0.05, 0) is 51.0 Å². The van der Waals surface area contributed by atoms with Gasteiger partial charge in [-0.3, -0.25) is 4.79 Å². The van der Waals surface area contributed by atoms with Gasteiger partial charge in [-0.25, -0.2) is 4.68 Å². The first kappa shape index (κ1) is 15.3.